The summed E-state index contributed by atoms with van der Waals surface area (Å²) in [6.45, 7) is 2.01. The predicted octanol–water partition coefficient (Wildman–Crippen LogP) is 1.10. The summed E-state index contributed by atoms with van der Waals surface area (Å²) in [6, 6.07) is 0. The van der Waals surface area contributed by atoms with Gasteiger partial charge in [0.25, 0.3) is 0 Å². The second-order valence-electron chi connectivity index (χ2n) is 4.11. The molecule has 0 amide bonds. The standard InChI is InChI=1S/C11H16N2O2/c1-8-3-4-10(15-8)9(14)7-11-12-5-6-13(11)2/h5-6,8,10H,3-4,7H2,1-2H3. The average molecular weight is 208 g/mol. The van der Waals surface area contributed by atoms with E-state index < -0.39 is 0 Å². The number of aromatic nitrogens is 2. The molecule has 1 saturated heterocycles. The quantitative estimate of drug-likeness (QED) is 0.747. The zero-order valence-electron chi connectivity index (χ0n) is 9.14. The number of ketones is 1. The first-order chi connectivity index (χ1) is 7.16. The molecule has 1 aromatic rings. The van der Waals surface area contributed by atoms with E-state index in [1.54, 1.807) is 6.20 Å². The molecule has 0 N–H and O–H groups in total. The summed E-state index contributed by atoms with van der Waals surface area (Å²) in [5, 5.41) is 0. The van der Waals surface area contributed by atoms with Gasteiger partial charge in [-0.1, -0.05) is 0 Å². The Labute approximate surface area is 89.3 Å². The molecule has 4 heteroatoms. The molecule has 2 heterocycles. The Kier molecular flexibility index (Phi) is 2.86. The lowest BCUT2D eigenvalue weighted by Crippen LogP contribution is -2.23. The fourth-order valence-electron chi connectivity index (χ4n) is 1.88. The van der Waals surface area contributed by atoms with Crippen molar-refractivity contribution in [3.05, 3.63) is 18.2 Å². The van der Waals surface area contributed by atoms with E-state index in [2.05, 4.69) is 4.98 Å². The van der Waals surface area contributed by atoms with E-state index in [0.29, 0.717) is 6.42 Å². The van der Waals surface area contributed by atoms with Crippen molar-refractivity contribution in [2.75, 3.05) is 0 Å². The first-order valence-electron chi connectivity index (χ1n) is 5.31. The van der Waals surface area contributed by atoms with Crippen molar-refractivity contribution >= 4 is 5.78 Å². The van der Waals surface area contributed by atoms with Gasteiger partial charge in [-0.25, -0.2) is 4.98 Å². The van der Waals surface area contributed by atoms with E-state index >= 15 is 0 Å². The van der Waals surface area contributed by atoms with Crippen molar-refractivity contribution in [2.45, 2.75) is 38.4 Å². The van der Waals surface area contributed by atoms with Crippen LogP contribution in [0, 0.1) is 0 Å². The van der Waals surface area contributed by atoms with Crippen LogP contribution in [-0.4, -0.2) is 27.5 Å². The van der Waals surface area contributed by atoms with Crippen molar-refractivity contribution in [3.8, 4) is 0 Å². The second-order valence-corrected chi connectivity index (χ2v) is 4.11. The SMILES string of the molecule is CC1CCC(C(=O)Cc2nccn2C)O1. The minimum atomic E-state index is -0.211. The number of carbonyl (C=O) groups excluding carboxylic acids is 1. The molecule has 0 bridgehead atoms. The van der Waals surface area contributed by atoms with Crippen LogP contribution < -0.4 is 0 Å². The van der Waals surface area contributed by atoms with Gasteiger partial charge in [-0.3, -0.25) is 4.79 Å². The fourth-order valence-corrected chi connectivity index (χ4v) is 1.88. The molecular formula is C11H16N2O2. The van der Waals surface area contributed by atoms with Crippen LogP contribution in [0.4, 0.5) is 0 Å². The van der Waals surface area contributed by atoms with Gasteiger partial charge in [0.1, 0.15) is 11.9 Å². The molecule has 1 fully saturated rings. The van der Waals surface area contributed by atoms with Crippen LogP contribution in [0.2, 0.25) is 0 Å². The minimum Gasteiger partial charge on any atom is -0.367 e. The van der Waals surface area contributed by atoms with Gasteiger partial charge in [0, 0.05) is 19.4 Å². The predicted molar refractivity (Wildman–Crippen MR) is 55.5 cm³/mol. The summed E-state index contributed by atoms with van der Waals surface area (Å²) in [5.74, 6) is 0.955. The number of hydrogen-bond donors (Lipinski definition) is 0. The Bertz CT molecular complexity index is 359. The molecule has 0 radical (unpaired) electrons. The maximum Gasteiger partial charge on any atom is 0.169 e. The van der Waals surface area contributed by atoms with Gasteiger partial charge in [-0.15, -0.1) is 0 Å². The van der Waals surface area contributed by atoms with Gasteiger partial charge in [-0.2, -0.15) is 0 Å². The van der Waals surface area contributed by atoms with E-state index in [9.17, 15) is 4.79 Å². The number of carbonyl (C=O) groups is 1. The third-order valence-electron chi connectivity index (χ3n) is 2.84. The number of Topliss-reactive ketones (excluding diaryl/α,β-unsaturated/α-hetero) is 1. The zero-order chi connectivity index (χ0) is 10.8. The lowest BCUT2D eigenvalue weighted by molar-refractivity contribution is -0.128. The molecule has 1 aromatic heterocycles. The Morgan fingerprint density at radius 1 is 1.67 bits per heavy atom. The van der Waals surface area contributed by atoms with Crippen LogP contribution in [0.15, 0.2) is 12.4 Å². The molecule has 0 aromatic carbocycles. The third-order valence-corrected chi connectivity index (χ3v) is 2.84. The van der Waals surface area contributed by atoms with E-state index in [1.165, 1.54) is 0 Å². The highest BCUT2D eigenvalue weighted by atomic mass is 16.5. The summed E-state index contributed by atoms with van der Waals surface area (Å²) < 4.78 is 7.40. The number of ether oxygens (including phenoxy) is 1. The number of rotatable bonds is 3. The highest BCUT2D eigenvalue weighted by Gasteiger charge is 2.28. The first-order valence-corrected chi connectivity index (χ1v) is 5.31. The Balaban J connectivity index is 1.95. The number of imidazole rings is 1. The minimum absolute atomic E-state index is 0.147. The molecule has 0 aliphatic carbocycles. The van der Waals surface area contributed by atoms with Gasteiger partial charge in [0.15, 0.2) is 5.78 Å². The molecular weight excluding hydrogens is 192 g/mol. The molecule has 1 aliphatic rings. The van der Waals surface area contributed by atoms with Crippen LogP contribution in [0.25, 0.3) is 0 Å². The lowest BCUT2D eigenvalue weighted by atomic mass is 10.1. The van der Waals surface area contributed by atoms with Gasteiger partial charge in [0.2, 0.25) is 0 Å². The molecule has 82 valence electrons. The van der Waals surface area contributed by atoms with E-state index in [1.807, 2.05) is 24.7 Å². The summed E-state index contributed by atoms with van der Waals surface area (Å²) in [6.07, 6.45) is 5.78. The largest absolute Gasteiger partial charge is 0.367 e. The monoisotopic (exact) mass is 208 g/mol. The summed E-state index contributed by atoms with van der Waals surface area (Å²) in [4.78, 5) is 16.0. The van der Waals surface area contributed by atoms with Crippen molar-refractivity contribution in [2.24, 2.45) is 7.05 Å². The van der Waals surface area contributed by atoms with Gasteiger partial charge in [0.05, 0.1) is 12.5 Å². The van der Waals surface area contributed by atoms with Crippen molar-refractivity contribution in [1.29, 1.82) is 0 Å². The van der Waals surface area contributed by atoms with Crippen LogP contribution in [0.1, 0.15) is 25.6 Å². The molecule has 2 atom stereocenters. The fraction of sp³-hybridized carbons (Fsp3) is 0.636. The van der Waals surface area contributed by atoms with Gasteiger partial charge >= 0.3 is 0 Å². The smallest absolute Gasteiger partial charge is 0.169 e. The highest BCUT2D eigenvalue weighted by Crippen LogP contribution is 2.20. The molecule has 1 aliphatic heterocycles. The normalized spacial score (nSPS) is 25.7. The highest BCUT2D eigenvalue weighted by molar-refractivity contribution is 5.84. The molecule has 2 unspecified atom stereocenters. The second kappa shape index (κ2) is 4.14. The molecule has 0 spiro atoms. The van der Waals surface area contributed by atoms with Gasteiger partial charge in [-0.05, 0) is 19.8 Å². The van der Waals surface area contributed by atoms with Crippen LogP contribution in [0.3, 0.4) is 0 Å². The van der Waals surface area contributed by atoms with Crippen LogP contribution in [-0.2, 0) is 23.0 Å². The maximum absolute atomic E-state index is 11.8. The average Bonchev–Trinajstić information content (AvgIpc) is 2.77. The topological polar surface area (TPSA) is 44.1 Å². The number of aryl methyl sites for hydroxylation is 1. The summed E-state index contributed by atoms with van der Waals surface area (Å²) in [5.41, 5.74) is 0. The van der Waals surface area contributed by atoms with E-state index in [4.69, 9.17) is 4.74 Å². The van der Waals surface area contributed by atoms with Crippen molar-refractivity contribution < 1.29 is 9.53 Å². The number of hydrogen-bond acceptors (Lipinski definition) is 3. The Hall–Kier alpha value is -1.16. The molecule has 2 rings (SSSR count). The molecule has 15 heavy (non-hydrogen) atoms. The van der Waals surface area contributed by atoms with Crippen molar-refractivity contribution in [3.63, 3.8) is 0 Å². The van der Waals surface area contributed by atoms with Crippen LogP contribution in [0.5, 0.6) is 0 Å². The summed E-state index contributed by atoms with van der Waals surface area (Å²) in [7, 11) is 1.90. The summed E-state index contributed by atoms with van der Waals surface area (Å²) >= 11 is 0. The Morgan fingerprint density at radius 2 is 2.47 bits per heavy atom. The van der Waals surface area contributed by atoms with E-state index in [0.717, 1.165) is 18.7 Å². The first kappa shape index (κ1) is 10.4. The lowest BCUT2D eigenvalue weighted by Gasteiger charge is -2.09. The van der Waals surface area contributed by atoms with Crippen molar-refractivity contribution in [1.82, 2.24) is 9.55 Å². The van der Waals surface area contributed by atoms with E-state index in [-0.39, 0.29) is 18.0 Å². The Morgan fingerprint density at radius 3 is 3.00 bits per heavy atom. The number of nitrogens with zero attached hydrogens (tertiary/aromatic N) is 2. The third kappa shape index (κ3) is 2.26. The molecule has 4 nitrogen and oxygen atoms in total. The van der Waals surface area contributed by atoms with Crippen LogP contribution >= 0.6 is 0 Å². The zero-order valence-corrected chi connectivity index (χ0v) is 9.14. The maximum atomic E-state index is 11.8. The molecule has 0 saturated carbocycles. The van der Waals surface area contributed by atoms with Gasteiger partial charge < -0.3 is 9.30 Å².